The highest BCUT2D eigenvalue weighted by Crippen LogP contribution is 2.34. The van der Waals surface area contributed by atoms with Crippen LogP contribution in [0.2, 0.25) is 5.02 Å². The number of hydrogen-bond donors (Lipinski definition) is 2. The summed E-state index contributed by atoms with van der Waals surface area (Å²) in [5.74, 6) is -0.663. The lowest BCUT2D eigenvalue weighted by Gasteiger charge is -2.32. The monoisotopic (exact) mass is 592 g/mol. The maximum Gasteiger partial charge on any atom is 0.277 e. The minimum atomic E-state index is -0.610. The van der Waals surface area contributed by atoms with Gasteiger partial charge in [-0.25, -0.2) is 14.9 Å². The molecule has 2 N–H and O–H groups in total. The number of aromatic nitrogens is 2. The Bertz CT molecular complexity index is 1280. The Morgan fingerprint density at radius 1 is 1.22 bits per heavy atom. The lowest BCUT2D eigenvalue weighted by molar-refractivity contribution is 0.0271. The van der Waals surface area contributed by atoms with Crippen LogP contribution >= 0.6 is 27.5 Å². The molecule has 2 fully saturated rings. The minimum absolute atomic E-state index is 0.00642. The third-order valence-corrected chi connectivity index (χ3v) is 7.75. The van der Waals surface area contributed by atoms with E-state index in [1.165, 1.54) is 0 Å². The van der Waals surface area contributed by atoms with E-state index in [0.29, 0.717) is 35.3 Å². The molecule has 1 aliphatic heterocycles. The van der Waals surface area contributed by atoms with Crippen LogP contribution in [-0.2, 0) is 11.4 Å². The van der Waals surface area contributed by atoms with Crippen LogP contribution < -0.4 is 10.8 Å². The number of rotatable bonds is 10. The highest BCUT2D eigenvalue weighted by Gasteiger charge is 2.25. The number of benzene rings is 2. The van der Waals surface area contributed by atoms with E-state index >= 15 is 4.39 Å². The molecule has 5 rings (SSSR count). The summed E-state index contributed by atoms with van der Waals surface area (Å²) in [4.78, 5) is 27.7. The van der Waals surface area contributed by atoms with Crippen molar-refractivity contribution in [3.63, 3.8) is 0 Å². The minimum Gasteiger partial charge on any atom is -0.351 e. The molecular formula is C26H31BrClFN6O2. The molecule has 2 aliphatic rings. The Morgan fingerprint density at radius 3 is 2.73 bits per heavy atom. The number of fused-ring (bicyclic) bond motifs is 1. The summed E-state index contributed by atoms with van der Waals surface area (Å²) in [5, 5.41) is 3.40. The second-order valence-corrected chi connectivity index (χ2v) is 11.2. The Hall–Kier alpha value is -2.24. The predicted octanol–water partition coefficient (Wildman–Crippen LogP) is 5.04. The standard InChI is InChI=1S/C26H31BrClFN6O2/c1-33-9-11-34(12-10-33)7-2-8-35-16-30-25-22(35)14-19(26(36)32-37-15-17-3-4-17)24(23(25)29)31-21-6-5-18(27)13-20(21)28/h5-6,13-14,16-17,31H,2-4,7-12,15H2,1H3,(H,32,36). The second-order valence-electron chi connectivity index (χ2n) is 9.85. The summed E-state index contributed by atoms with van der Waals surface area (Å²) in [6.45, 7) is 6.31. The van der Waals surface area contributed by atoms with Gasteiger partial charge in [-0.1, -0.05) is 27.5 Å². The molecule has 0 atom stereocenters. The molecule has 8 nitrogen and oxygen atoms in total. The third-order valence-electron chi connectivity index (χ3n) is 6.94. The van der Waals surface area contributed by atoms with E-state index in [-0.39, 0.29) is 16.8 Å². The number of aryl methyl sites for hydroxylation is 1. The van der Waals surface area contributed by atoms with E-state index in [1.54, 1.807) is 30.6 Å². The van der Waals surface area contributed by atoms with E-state index in [4.69, 9.17) is 16.4 Å². The molecule has 2 heterocycles. The van der Waals surface area contributed by atoms with E-state index in [1.807, 2.05) is 4.57 Å². The Morgan fingerprint density at radius 2 is 2.00 bits per heavy atom. The first-order valence-corrected chi connectivity index (χ1v) is 13.8. The number of imidazole rings is 1. The summed E-state index contributed by atoms with van der Waals surface area (Å²) >= 11 is 9.75. The average Bonchev–Trinajstić information content (AvgIpc) is 3.61. The SMILES string of the molecule is CN1CCN(CCCn2cnc3c(F)c(Nc4ccc(Br)cc4Cl)c(C(=O)NOCC4CC4)cc32)CC1. The smallest absolute Gasteiger partial charge is 0.277 e. The molecule has 0 radical (unpaired) electrons. The van der Waals surface area contributed by atoms with Gasteiger partial charge >= 0.3 is 0 Å². The number of hydrogen-bond acceptors (Lipinski definition) is 6. The fourth-order valence-electron chi connectivity index (χ4n) is 4.46. The van der Waals surface area contributed by atoms with Gasteiger partial charge in [0.25, 0.3) is 5.91 Å². The molecule has 3 aromatic rings. The lowest BCUT2D eigenvalue weighted by Crippen LogP contribution is -2.44. The van der Waals surface area contributed by atoms with Crippen molar-refractivity contribution in [2.24, 2.45) is 5.92 Å². The van der Waals surface area contributed by atoms with Gasteiger partial charge in [0.2, 0.25) is 0 Å². The number of carbonyl (C=O) groups excluding carboxylic acids is 1. The molecule has 2 aromatic carbocycles. The first-order chi connectivity index (χ1) is 17.9. The van der Waals surface area contributed by atoms with Crippen molar-refractivity contribution < 1.29 is 14.0 Å². The average molecular weight is 594 g/mol. The number of carbonyl (C=O) groups is 1. The lowest BCUT2D eigenvalue weighted by atomic mass is 10.1. The number of likely N-dealkylation sites (N-methyl/N-ethyl adjacent to an activating group) is 1. The molecule has 11 heteroatoms. The molecule has 1 amide bonds. The number of anilines is 2. The van der Waals surface area contributed by atoms with Gasteiger partial charge in [0, 0.05) is 37.2 Å². The van der Waals surface area contributed by atoms with Crippen LogP contribution in [-0.4, -0.2) is 71.6 Å². The quantitative estimate of drug-likeness (QED) is 0.321. The summed E-state index contributed by atoms with van der Waals surface area (Å²) in [7, 11) is 2.14. The second kappa shape index (κ2) is 11.7. The van der Waals surface area contributed by atoms with Crippen LogP contribution in [0, 0.1) is 11.7 Å². The summed E-state index contributed by atoms with van der Waals surface area (Å²) in [6, 6.07) is 6.89. The number of nitrogens with one attached hydrogen (secondary N) is 2. The van der Waals surface area contributed by atoms with Gasteiger partial charge < -0.3 is 19.7 Å². The van der Waals surface area contributed by atoms with Gasteiger partial charge in [-0.15, -0.1) is 0 Å². The molecule has 1 aliphatic carbocycles. The molecule has 0 unspecified atom stereocenters. The zero-order valence-corrected chi connectivity index (χ0v) is 23.1. The fraction of sp³-hybridized carbons (Fsp3) is 0.462. The van der Waals surface area contributed by atoms with Crippen LogP contribution in [0.25, 0.3) is 11.0 Å². The van der Waals surface area contributed by atoms with Crippen LogP contribution in [0.1, 0.15) is 29.6 Å². The van der Waals surface area contributed by atoms with Crippen molar-refractivity contribution in [3.8, 4) is 0 Å². The maximum absolute atomic E-state index is 15.9. The zero-order valence-electron chi connectivity index (χ0n) is 20.8. The Balaban J connectivity index is 1.40. The summed E-state index contributed by atoms with van der Waals surface area (Å²) < 4.78 is 18.6. The first kappa shape index (κ1) is 26.4. The van der Waals surface area contributed by atoms with Crippen molar-refractivity contribution in [2.75, 3.05) is 51.7 Å². The topological polar surface area (TPSA) is 74.7 Å². The Labute approximate surface area is 229 Å². The van der Waals surface area contributed by atoms with Gasteiger partial charge in [-0.3, -0.25) is 9.63 Å². The highest BCUT2D eigenvalue weighted by atomic mass is 79.9. The molecule has 0 spiro atoms. The van der Waals surface area contributed by atoms with Crippen molar-refractivity contribution in [1.29, 1.82) is 0 Å². The van der Waals surface area contributed by atoms with Gasteiger partial charge in [0.05, 0.1) is 40.4 Å². The number of hydroxylamine groups is 1. The fourth-order valence-corrected chi connectivity index (χ4v) is 5.18. The number of piperazine rings is 1. The zero-order chi connectivity index (χ0) is 25.9. The van der Waals surface area contributed by atoms with Crippen LogP contribution in [0.5, 0.6) is 0 Å². The van der Waals surface area contributed by atoms with Gasteiger partial charge in [-0.05, 0) is 63.0 Å². The largest absolute Gasteiger partial charge is 0.351 e. The van der Waals surface area contributed by atoms with Gasteiger partial charge in [-0.2, -0.15) is 0 Å². The number of nitrogens with zero attached hydrogens (tertiary/aromatic N) is 4. The summed E-state index contributed by atoms with van der Waals surface area (Å²) in [5.41, 5.74) is 3.86. The molecule has 1 aromatic heterocycles. The molecule has 198 valence electrons. The van der Waals surface area contributed by atoms with E-state index in [2.05, 4.69) is 48.6 Å². The van der Waals surface area contributed by atoms with Crippen LogP contribution in [0.3, 0.4) is 0 Å². The van der Waals surface area contributed by atoms with E-state index < -0.39 is 11.7 Å². The number of halogens is 3. The predicted molar refractivity (Wildman–Crippen MR) is 147 cm³/mol. The van der Waals surface area contributed by atoms with Gasteiger partial charge in [0.15, 0.2) is 5.82 Å². The van der Waals surface area contributed by atoms with E-state index in [9.17, 15) is 4.79 Å². The highest BCUT2D eigenvalue weighted by molar-refractivity contribution is 9.10. The van der Waals surface area contributed by atoms with Crippen molar-refractivity contribution in [1.82, 2.24) is 24.8 Å². The summed E-state index contributed by atoms with van der Waals surface area (Å²) in [6.07, 6.45) is 4.73. The third kappa shape index (κ3) is 6.43. The normalized spacial score (nSPS) is 16.9. The van der Waals surface area contributed by atoms with Gasteiger partial charge in [0.1, 0.15) is 5.52 Å². The van der Waals surface area contributed by atoms with E-state index in [0.717, 1.165) is 56.5 Å². The Kier molecular flexibility index (Phi) is 8.31. The van der Waals surface area contributed by atoms with Crippen molar-refractivity contribution in [3.05, 3.63) is 51.5 Å². The number of amides is 1. The molecule has 0 bridgehead atoms. The van der Waals surface area contributed by atoms with Crippen LogP contribution in [0.4, 0.5) is 15.8 Å². The molecule has 1 saturated carbocycles. The molecule has 1 saturated heterocycles. The van der Waals surface area contributed by atoms with Crippen LogP contribution in [0.15, 0.2) is 35.1 Å². The molecular weight excluding hydrogens is 563 g/mol. The van der Waals surface area contributed by atoms with Crippen molar-refractivity contribution >= 4 is 55.8 Å². The molecule has 37 heavy (non-hydrogen) atoms. The van der Waals surface area contributed by atoms with Crippen molar-refractivity contribution in [2.45, 2.75) is 25.8 Å². The maximum atomic E-state index is 15.9. The first-order valence-electron chi connectivity index (χ1n) is 12.6.